The third-order valence-electron chi connectivity index (χ3n) is 0.476. The fourth-order valence-corrected chi connectivity index (χ4v) is 0.357. The highest BCUT2D eigenvalue weighted by atomic mass is 35.5. The summed E-state index contributed by atoms with van der Waals surface area (Å²) in [5, 5.41) is 0. The lowest BCUT2D eigenvalue weighted by Crippen LogP contribution is -2.11. The largest absolute Gasteiger partial charge is 0.462 e. The number of esters is 1. The quantitative estimate of drug-likeness (QED) is 0.421. The van der Waals surface area contributed by atoms with Crippen molar-refractivity contribution in [1.29, 1.82) is 0 Å². The lowest BCUT2D eigenvalue weighted by molar-refractivity contribution is -0.144. The molecule has 0 atom stereocenters. The molecular weight excluding hydrogens is 128 g/mol. The summed E-state index contributed by atoms with van der Waals surface area (Å²) in [6, 6.07) is 0. The van der Waals surface area contributed by atoms with Gasteiger partial charge in [-0.1, -0.05) is 0 Å². The Labute approximate surface area is 53.8 Å². The van der Waals surface area contributed by atoms with Crippen LogP contribution in [0, 0.1) is 0 Å². The Hall–Kier alpha value is -0.240. The molecule has 0 aromatic rings. The molecule has 2 nitrogen and oxygen atoms in total. The van der Waals surface area contributed by atoms with Gasteiger partial charge in [0.05, 0.1) is 6.10 Å². The Morgan fingerprint density at radius 3 is 2.38 bits per heavy atom. The number of carbonyl (C=O) groups is 1. The van der Waals surface area contributed by atoms with Crippen LogP contribution in [0.5, 0.6) is 0 Å². The molecule has 0 rings (SSSR count). The van der Waals surface area contributed by atoms with Crippen LogP contribution >= 0.6 is 11.6 Å². The van der Waals surface area contributed by atoms with Crippen LogP contribution < -0.4 is 0 Å². The lowest BCUT2D eigenvalue weighted by atomic mass is 10.5. The van der Waals surface area contributed by atoms with Crippen molar-refractivity contribution < 1.29 is 9.53 Å². The van der Waals surface area contributed by atoms with Crippen molar-refractivity contribution in [2.24, 2.45) is 0 Å². The zero-order chi connectivity index (χ0) is 6.57. The summed E-state index contributed by atoms with van der Waals surface area (Å²) < 4.78 is 4.63. The second kappa shape index (κ2) is 3.72. The number of halogens is 1. The maximum absolute atomic E-state index is 10.3. The standard InChI is InChI=1S/C5H9ClO2/c1-4(2)8-5(7)3-6/h4H,3H2,1-2H3. The molecule has 0 saturated heterocycles. The number of hydrogen-bond donors (Lipinski definition) is 0. The molecule has 0 unspecified atom stereocenters. The summed E-state index contributed by atoms with van der Waals surface area (Å²) in [5.74, 6) is -0.417. The molecule has 3 heteroatoms. The Kier molecular flexibility index (Phi) is 3.61. The smallest absolute Gasteiger partial charge is 0.321 e. The third kappa shape index (κ3) is 3.93. The zero-order valence-corrected chi connectivity index (χ0v) is 5.73. The highest BCUT2D eigenvalue weighted by Crippen LogP contribution is 1.89. The predicted octanol–water partition coefficient (Wildman–Crippen LogP) is 1.18. The first-order chi connectivity index (χ1) is 3.66. The lowest BCUT2D eigenvalue weighted by Gasteiger charge is -2.03. The van der Waals surface area contributed by atoms with E-state index in [1.807, 2.05) is 0 Å². The first kappa shape index (κ1) is 7.76. The fraction of sp³-hybridized carbons (Fsp3) is 0.800. The van der Waals surface area contributed by atoms with Gasteiger partial charge in [-0.2, -0.15) is 0 Å². The van der Waals surface area contributed by atoms with Gasteiger partial charge in [0.25, 0.3) is 0 Å². The summed E-state index contributed by atoms with van der Waals surface area (Å²) in [6.07, 6.45) is -0.0544. The summed E-state index contributed by atoms with van der Waals surface area (Å²) in [4.78, 5) is 10.3. The van der Waals surface area contributed by atoms with E-state index in [0.717, 1.165) is 0 Å². The first-order valence-electron chi connectivity index (χ1n) is 2.42. The molecule has 0 spiro atoms. The molecule has 0 aromatic heterocycles. The van der Waals surface area contributed by atoms with Gasteiger partial charge in [-0.3, -0.25) is 4.79 Å². The molecule has 48 valence electrons. The molecule has 0 aliphatic heterocycles. The van der Waals surface area contributed by atoms with Crippen molar-refractivity contribution >= 4 is 17.6 Å². The van der Waals surface area contributed by atoms with E-state index in [1.165, 1.54) is 0 Å². The minimum atomic E-state index is -0.360. The topological polar surface area (TPSA) is 26.3 Å². The average molecular weight is 137 g/mol. The van der Waals surface area contributed by atoms with Gasteiger partial charge in [-0.15, -0.1) is 11.6 Å². The normalized spacial score (nSPS) is 9.50. The van der Waals surface area contributed by atoms with Gasteiger partial charge in [0.2, 0.25) is 0 Å². The highest BCUT2D eigenvalue weighted by molar-refractivity contribution is 6.26. The van der Waals surface area contributed by atoms with E-state index in [-0.39, 0.29) is 18.0 Å². The van der Waals surface area contributed by atoms with Gasteiger partial charge in [0.1, 0.15) is 5.88 Å². The Morgan fingerprint density at radius 1 is 1.75 bits per heavy atom. The van der Waals surface area contributed by atoms with E-state index < -0.39 is 0 Å². The number of hydrogen-bond acceptors (Lipinski definition) is 2. The minimum absolute atomic E-state index is 0.0544. The van der Waals surface area contributed by atoms with E-state index in [2.05, 4.69) is 4.74 Å². The van der Waals surface area contributed by atoms with Crippen LogP contribution in [0.25, 0.3) is 0 Å². The Bertz CT molecular complexity index is 80.5. The molecule has 0 heterocycles. The van der Waals surface area contributed by atoms with Gasteiger partial charge in [0.15, 0.2) is 0 Å². The molecule has 0 bridgehead atoms. The van der Waals surface area contributed by atoms with Crippen LogP contribution in [-0.2, 0) is 9.53 Å². The monoisotopic (exact) mass is 136 g/mol. The van der Waals surface area contributed by atoms with E-state index >= 15 is 0 Å². The van der Waals surface area contributed by atoms with Crippen molar-refractivity contribution in [3.8, 4) is 0 Å². The molecule has 0 saturated carbocycles. The minimum Gasteiger partial charge on any atom is -0.462 e. The second-order valence-corrected chi connectivity index (χ2v) is 1.94. The molecule has 0 amide bonds. The number of alkyl halides is 1. The van der Waals surface area contributed by atoms with Crippen molar-refractivity contribution in [2.45, 2.75) is 20.0 Å². The van der Waals surface area contributed by atoms with Crippen LogP contribution in [0.2, 0.25) is 0 Å². The SMILES string of the molecule is CC(C)OC(=O)CCl. The number of ether oxygens (including phenoxy) is 1. The van der Waals surface area contributed by atoms with Gasteiger partial charge in [0, 0.05) is 0 Å². The van der Waals surface area contributed by atoms with Crippen molar-refractivity contribution in [3.05, 3.63) is 0 Å². The molecule has 0 N–H and O–H groups in total. The van der Waals surface area contributed by atoms with Crippen molar-refractivity contribution in [2.75, 3.05) is 5.88 Å². The van der Waals surface area contributed by atoms with Crippen LogP contribution in [-0.4, -0.2) is 18.0 Å². The van der Waals surface area contributed by atoms with E-state index in [9.17, 15) is 4.79 Å². The average Bonchev–Trinajstić information content (AvgIpc) is 1.65. The number of carbonyl (C=O) groups excluding carboxylic acids is 1. The van der Waals surface area contributed by atoms with Crippen LogP contribution in [0.3, 0.4) is 0 Å². The van der Waals surface area contributed by atoms with E-state index in [0.29, 0.717) is 0 Å². The molecule has 0 aliphatic rings. The van der Waals surface area contributed by atoms with Crippen LogP contribution in [0.4, 0.5) is 0 Å². The summed E-state index contributed by atoms with van der Waals surface area (Å²) >= 11 is 5.12. The van der Waals surface area contributed by atoms with E-state index in [1.54, 1.807) is 13.8 Å². The highest BCUT2D eigenvalue weighted by Gasteiger charge is 2.00. The van der Waals surface area contributed by atoms with Gasteiger partial charge < -0.3 is 4.74 Å². The summed E-state index contributed by atoms with van der Waals surface area (Å²) in [5.41, 5.74) is 0. The van der Waals surface area contributed by atoms with Crippen LogP contribution in [0.1, 0.15) is 13.8 Å². The van der Waals surface area contributed by atoms with Gasteiger partial charge >= 0.3 is 5.97 Å². The fourth-order valence-electron chi connectivity index (χ4n) is 0.294. The number of rotatable bonds is 2. The summed E-state index contributed by atoms with van der Waals surface area (Å²) in [7, 11) is 0. The maximum Gasteiger partial charge on any atom is 0.321 e. The second-order valence-electron chi connectivity index (χ2n) is 1.67. The van der Waals surface area contributed by atoms with Crippen molar-refractivity contribution in [3.63, 3.8) is 0 Å². The third-order valence-corrected chi connectivity index (χ3v) is 0.694. The predicted molar refractivity (Wildman–Crippen MR) is 31.9 cm³/mol. The Balaban J connectivity index is 3.25. The summed E-state index contributed by atoms with van der Waals surface area (Å²) in [6.45, 7) is 3.56. The Morgan fingerprint density at radius 2 is 2.25 bits per heavy atom. The molecular formula is C5H9ClO2. The molecule has 0 aromatic carbocycles. The first-order valence-corrected chi connectivity index (χ1v) is 2.95. The van der Waals surface area contributed by atoms with Crippen LogP contribution in [0.15, 0.2) is 0 Å². The van der Waals surface area contributed by atoms with E-state index in [4.69, 9.17) is 11.6 Å². The molecule has 0 aliphatic carbocycles. The zero-order valence-electron chi connectivity index (χ0n) is 4.98. The van der Waals surface area contributed by atoms with Gasteiger partial charge in [-0.05, 0) is 13.8 Å². The molecule has 8 heavy (non-hydrogen) atoms. The maximum atomic E-state index is 10.3. The van der Waals surface area contributed by atoms with Crippen molar-refractivity contribution in [1.82, 2.24) is 0 Å². The molecule has 0 fully saturated rings. The van der Waals surface area contributed by atoms with Gasteiger partial charge in [-0.25, -0.2) is 0 Å². The molecule has 0 radical (unpaired) electrons.